The molecule has 0 aromatic heterocycles. The number of carbonyl (C=O) groups is 1. The molecule has 0 radical (unpaired) electrons. The molecule has 2 aromatic rings. The van der Waals surface area contributed by atoms with Crippen molar-refractivity contribution in [1.29, 1.82) is 0 Å². The molecule has 0 saturated heterocycles. The van der Waals surface area contributed by atoms with E-state index >= 15 is 0 Å². The summed E-state index contributed by atoms with van der Waals surface area (Å²) >= 11 is 0. The summed E-state index contributed by atoms with van der Waals surface area (Å²) in [5.74, 6) is -0.176. The Morgan fingerprint density at radius 3 is 2.35 bits per heavy atom. The Morgan fingerprint density at radius 1 is 1.06 bits per heavy atom. The topological polar surface area (TPSA) is 55.8 Å². The lowest BCUT2D eigenvalue weighted by molar-refractivity contribution is 0.0695. The van der Waals surface area contributed by atoms with Crippen LogP contribution in [0.2, 0.25) is 0 Å². The summed E-state index contributed by atoms with van der Waals surface area (Å²) in [6, 6.07) is 8.84. The summed E-state index contributed by atoms with van der Waals surface area (Å²) in [4.78, 5) is 11.3. The standard InChI is InChI=1S/C13H12O4/c1-16-9-5-3-4-8-6-7-10(17-2)12(11(8)9)13(14)15/h3-7H,1-2H3,(H,14,15). The molecule has 2 rings (SSSR count). The van der Waals surface area contributed by atoms with Crippen LogP contribution in [0.15, 0.2) is 30.3 Å². The van der Waals surface area contributed by atoms with Crippen LogP contribution in [0.25, 0.3) is 10.8 Å². The molecule has 0 aliphatic rings. The molecule has 0 atom stereocenters. The molecule has 88 valence electrons. The highest BCUT2D eigenvalue weighted by Gasteiger charge is 2.18. The van der Waals surface area contributed by atoms with Gasteiger partial charge < -0.3 is 14.6 Å². The fourth-order valence-corrected chi connectivity index (χ4v) is 1.88. The molecule has 0 bridgehead atoms. The van der Waals surface area contributed by atoms with Gasteiger partial charge in [-0.2, -0.15) is 0 Å². The third-order valence-corrected chi connectivity index (χ3v) is 2.62. The summed E-state index contributed by atoms with van der Waals surface area (Å²) in [5.41, 5.74) is 0.127. The highest BCUT2D eigenvalue weighted by atomic mass is 16.5. The van der Waals surface area contributed by atoms with Gasteiger partial charge in [0.1, 0.15) is 17.1 Å². The van der Waals surface area contributed by atoms with Gasteiger partial charge in [-0.05, 0) is 17.5 Å². The molecule has 4 heteroatoms. The largest absolute Gasteiger partial charge is 0.496 e. The van der Waals surface area contributed by atoms with Crippen molar-refractivity contribution < 1.29 is 19.4 Å². The summed E-state index contributed by atoms with van der Waals surface area (Å²) in [7, 11) is 2.96. The van der Waals surface area contributed by atoms with Gasteiger partial charge in [0.05, 0.1) is 14.2 Å². The van der Waals surface area contributed by atoms with Crippen molar-refractivity contribution in [2.75, 3.05) is 14.2 Å². The maximum absolute atomic E-state index is 11.3. The van der Waals surface area contributed by atoms with E-state index in [-0.39, 0.29) is 5.56 Å². The molecule has 0 fully saturated rings. The van der Waals surface area contributed by atoms with Gasteiger partial charge >= 0.3 is 5.97 Å². The molecule has 0 aliphatic heterocycles. The number of carboxylic acids is 1. The van der Waals surface area contributed by atoms with E-state index in [4.69, 9.17) is 9.47 Å². The van der Waals surface area contributed by atoms with Crippen LogP contribution in [0, 0.1) is 0 Å². The van der Waals surface area contributed by atoms with Gasteiger partial charge in [-0.25, -0.2) is 4.79 Å². The maximum Gasteiger partial charge on any atom is 0.340 e. The molecule has 4 nitrogen and oxygen atoms in total. The van der Waals surface area contributed by atoms with Crippen LogP contribution >= 0.6 is 0 Å². The monoisotopic (exact) mass is 232 g/mol. The highest BCUT2D eigenvalue weighted by Crippen LogP contribution is 2.34. The number of carboxylic acid groups (broad SMARTS) is 1. The van der Waals surface area contributed by atoms with Crippen molar-refractivity contribution in [1.82, 2.24) is 0 Å². The van der Waals surface area contributed by atoms with E-state index in [9.17, 15) is 9.90 Å². The molecule has 0 spiro atoms. The lowest BCUT2D eigenvalue weighted by Gasteiger charge is -2.11. The summed E-state index contributed by atoms with van der Waals surface area (Å²) < 4.78 is 10.3. The van der Waals surface area contributed by atoms with Crippen LogP contribution < -0.4 is 9.47 Å². The number of rotatable bonds is 3. The second-order valence-corrected chi connectivity index (χ2v) is 3.51. The number of ether oxygens (including phenoxy) is 2. The predicted octanol–water partition coefficient (Wildman–Crippen LogP) is 2.56. The first kappa shape index (κ1) is 11.3. The Morgan fingerprint density at radius 2 is 1.76 bits per heavy atom. The van der Waals surface area contributed by atoms with E-state index in [1.807, 2.05) is 18.2 Å². The quantitative estimate of drug-likeness (QED) is 0.883. The van der Waals surface area contributed by atoms with Gasteiger partial charge in [-0.3, -0.25) is 0 Å². The van der Waals surface area contributed by atoms with Crippen LogP contribution in [-0.4, -0.2) is 25.3 Å². The minimum Gasteiger partial charge on any atom is -0.496 e. The Hall–Kier alpha value is -2.23. The lowest BCUT2D eigenvalue weighted by Crippen LogP contribution is -2.02. The van der Waals surface area contributed by atoms with Gasteiger partial charge in [0.25, 0.3) is 0 Å². The molecule has 17 heavy (non-hydrogen) atoms. The second-order valence-electron chi connectivity index (χ2n) is 3.51. The zero-order valence-corrected chi connectivity index (χ0v) is 9.56. The normalized spacial score (nSPS) is 10.2. The van der Waals surface area contributed by atoms with Crippen LogP contribution in [0.4, 0.5) is 0 Å². The zero-order chi connectivity index (χ0) is 12.4. The van der Waals surface area contributed by atoms with Crippen molar-refractivity contribution in [2.45, 2.75) is 0 Å². The maximum atomic E-state index is 11.3. The van der Waals surface area contributed by atoms with E-state index in [2.05, 4.69) is 0 Å². The molecule has 0 amide bonds. The molecular weight excluding hydrogens is 220 g/mol. The van der Waals surface area contributed by atoms with Gasteiger partial charge in [0.15, 0.2) is 0 Å². The minimum absolute atomic E-state index is 0.127. The number of hydrogen-bond acceptors (Lipinski definition) is 3. The Labute approximate surface area is 98.4 Å². The van der Waals surface area contributed by atoms with Crippen molar-refractivity contribution in [3.8, 4) is 11.5 Å². The molecule has 1 N–H and O–H groups in total. The van der Waals surface area contributed by atoms with Gasteiger partial charge in [0, 0.05) is 5.39 Å². The fourth-order valence-electron chi connectivity index (χ4n) is 1.88. The first-order valence-electron chi connectivity index (χ1n) is 5.06. The van der Waals surface area contributed by atoms with Crippen molar-refractivity contribution in [2.24, 2.45) is 0 Å². The first-order valence-corrected chi connectivity index (χ1v) is 5.06. The Kier molecular flexibility index (Phi) is 2.87. The molecule has 0 aliphatic carbocycles. The SMILES string of the molecule is COc1ccc2cccc(OC)c2c1C(=O)O. The smallest absolute Gasteiger partial charge is 0.340 e. The summed E-state index contributed by atoms with van der Waals surface area (Å²) in [6.07, 6.45) is 0. The highest BCUT2D eigenvalue weighted by molar-refractivity contribution is 6.08. The third kappa shape index (κ3) is 1.78. The molecule has 0 unspecified atom stereocenters. The van der Waals surface area contributed by atoms with Crippen molar-refractivity contribution >= 4 is 16.7 Å². The Bertz CT molecular complexity index is 575. The Balaban J connectivity index is 2.91. The molecular formula is C13H12O4. The van der Waals surface area contributed by atoms with Crippen molar-refractivity contribution in [3.63, 3.8) is 0 Å². The summed E-state index contributed by atoms with van der Waals surface area (Å²) in [6.45, 7) is 0. The van der Waals surface area contributed by atoms with Crippen LogP contribution in [-0.2, 0) is 0 Å². The van der Waals surface area contributed by atoms with E-state index in [0.29, 0.717) is 16.9 Å². The van der Waals surface area contributed by atoms with E-state index in [0.717, 1.165) is 5.39 Å². The lowest BCUT2D eigenvalue weighted by atomic mass is 10.0. The van der Waals surface area contributed by atoms with Crippen molar-refractivity contribution in [3.05, 3.63) is 35.9 Å². The zero-order valence-electron chi connectivity index (χ0n) is 9.56. The molecule has 0 heterocycles. The number of benzene rings is 2. The number of aromatic carboxylic acids is 1. The number of fused-ring (bicyclic) bond motifs is 1. The summed E-state index contributed by atoms with van der Waals surface area (Å²) in [5, 5.41) is 10.6. The van der Waals surface area contributed by atoms with E-state index in [1.165, 1.54) is 14.2 Å². The van der Waals surface area contributed by atoms with E-state index < -0.39 is 5.97 Å². The van der Waals surface area contributed by atoms with E-state index in [1.54, 1.807) is 12.1 Å². The average molecular weight is 232 g/mol. The minimum atomic E-state index is -1.03. The molecule has 2 aromatic carbocycles. The first-order chi connectivity index (χ1) is 8.19. The molecule has 0 saturated carbocycles. The average Bonchev–Trinajstić information content (AvgIpc) is 2.36. The fraction of sp³-hybridized carbons (Fsp3) is 0.154. The predicted molar refractivity (Wildman–Crippen MR) is 64.0 cm³/mol. The number of hydrogen-bond donors (Lipinski definition) is 1. The van der Waals surface area contributed by atoms with Gasteiger partial charge in [-0.15, -0.1) is 0 Å². The van der Waals surface area contributed by atoms with Crippen LogP contribution in [0.1, 0.15) is 10.4 Å². The van der Waals surface area contributed by atoms with Crippen LogP contribution in [0.3, 0.4) is 0 Å². The van der Waals surface area contributed by atoms with Crippen LogP contribution in [0.5, 0.6) is 11.5 Å². The van der Waals surface area contributed by atoms with Gasteiger partial charge in [0.2, 0.25) is 0 Å². The van der Waals surface area contributed by atoms with Gasteiger partial charge in [-0.1, -0.05) is 18.2 Å². The second kappa shape index (κ2) is 4.33. The number of methoxy groups -OCH3 is 2. The third-order valence-electron chi connectivity index (χ3n) is 2.62.